The highest BCUT2D eigenvalue weighted by Gasteiger charge is 2.13. The molecule has 2 aromatic rings. The Bertz CT molecular complexity index is 559. The van der Waals surface area contributed by atoms with Crippen molar-refractivity contribution in [1.82, 2.24) is 9.97 Å². The maximum Gasteiger partial charge on any atom is 0.213 e. The van der Waals surface area contributed by atoms with Crippen LogP contribution in [0.3, 0.4) is 0 Å². The van der Waals surface area contributed by atoms with Crippen LogP contribution in [-0.4, -0.2) is 30.2 Å². The highest BCUT2D eigenvalue weighted by atomic mass is 16.5. The second kappa shape index (κ2) is 4.13. The lowest BCUT2D eigenvalue weighted by Crippen LogP contribution is -2.26. The molecule has 88 valence electrons. The molecule has 0 spiro atoms. The van der Waals surface area contributed by atoms with Gasteiger partial charge in [-0.1, -0.05) is 12.2 Å². The summed E-state index contributed by atoms with van der Waals surface area (Å²) in [6.45, 7) is 2.03. The number of aromatic nitrogens is 2. The number of ether oxygens (including phenoxy) is 1. The summed E-state index contributed by atoms with van der Waals surface area (Å²) in [4.78, 5) is 9.81. The summed E-state index contributed by atoms with van der Waals surface area (Å²) in [6.07, 6.45) is 9.41. The third kappa shape index (κ3) is 1.75. The lowest BCUT2D eigenvalue weighted by atomic mass is 10.2. The normalized spacial score (nSPS) is 15.5. The molecule has 3 rings (SSSR count). The quantitative estimate of drug-likeness (QED) is 0.804. The molecule has 0 saturated carbocycles. The number of nitrogens with zero attached hydrogens (tertiary/aromatic N) is 2. The summed E-state index contributed by atoms with van der Waals surface area (Å²) in [5, 5.41) is 1.17. The molecule has 1 N–H and O–H groups in total. The van der Waals surface area contributed by atoms with Gasteiger partial charge in [0.25, 0.3) is 0 Å². The van der Waals surface area contributed by atoms with Gasteiger partial charge in [0.1, 0.15) is 0 Å². The average Bonchev–Trinajstić information content (AvgIpc) is 2.82. The van der Waals surface area contributed by atoms with Crippen molar-refractivity contribution >= 4 is 16.6 Å². The minimum absolute atomic E-state index is 0.658. The topological polar surface area (TPSA) is 41.1 Å². The minimum Gasteiger partial charge on any atom is -0.481 e. The van der Waals surface area contributed by atoms with Crippen molar-refractivity contribution in [2.75, 3.05) is 25.1 Å². The van der Waals surface area contributed by atoms with E-state index in [9.17, 15) is 0 Å². The van der Waals surface area contributed by atoms with E-state index in [0.717, 1.165) is 25.0 Å². The van der Waals surface area contributed by atoms with E-state index >= 15 is 0 Å². The molecular weight excluding hydrogens is 214 g/mol. The third-order valence-electron chi connectivity index (χ3n) is 3.13. The molecule has 2 aromatic heterocycles. The van der Waals surface area contributed by atoms with Gasteiger partial charge in [-0.05, 0) is 6.42 Å². The van der Waals surface area contributed by atoms with Crippen molar-refractivity contribution in [3.05, 3.63) is 30.6 Å². The van der Waals surface area contributed by atoms with Gasteiger partial charge in [0.2, 0.25) is 5.88 Å². The summed E-state index contributed by atoms with van der Waals surface area (Å²) < 4.78 is 5.18. The van der Waals surface area contributed by atoms with E-state index in [4.69, 9.17) is 4.74 Å². The molecule has 17 heavy (non-hydrogen) atoms. The van der Waals surface area contributed by atoms with Gasteiger partial charge in [-0.3, -0.25) is 0 Å². The van der Waals surface area contributed by atoms with Crippen molar-refractivity contribution in [3.8, 4) is 5.88 Å². The molecule has 0 amide bonds. The van der Waals surface area contributed by atoms with Crippen LogP contribution < -0.4 is 9.64 Å². The number of methoxy groups -OCH3 is 1. The molecule has 0 radical (unpaired) electrons. The Morgan fingerprint density at radius 2 is 2.35 bits per heavy atom. The van der Waals surface area contributed by atoms with Crippen LogP contribution in [0, 0.1) is 0 Å². The van der Waals surface area contributed by atoms with Gasteiger partial charge >= 0.3 is 0 Å². The van der Waals surface area contributed by atoms with E-state index in [1.807, 2.05) is 18.5 Å². The van der Waals surface area contributed by atoms with Crippen LogP contribution in [0.2, 0.25) is 0 Å². The number of hydrogen-bond acceptors (Lipinski definition) is 3. The smallest absolute Gasteiger partial charge is 0.213 e. The molecule has 0 aromatic carbocycles. The summed E-state index contributed by atoms with van der Waals surface area (Å²) in [6, 6.07) is 1.99. The van der Waals surface area contributed by atoms with Gasteiger partial charge in [0.05, 0.1) is 24.5 Å². The zero-order valence-electron chi connectivity index (χ0n) is 9.81. The molecule has 0 atom stereocenters. The Morgan fingerprint density at radius 3 is 3.12 bits per heavy atom. The summed E-state index contributed by atoms with van der Waals surface area (Å²) in [5.74, 6) is 0.658. The zero-order chi connectivity index (χ0) is 11.7. The summed E-state index contributed by atoms with van der Waals surface area (Å²) in [7, 11) is 1.64. The van der Waals surface area contributed by atoms with E-state index in [0.29, 0.717) is 5.88 Å². The van der Waals surface area contributed by atoms with Gasteiger partial charge in [0, 0.05) is 30.7 Å². The number of anilines is 1. The fourth-order valence-corrected chi connectivity index (χ4v) is 2.22. The van der Waals surface area contributed by atoms with Crippen LogP contribution in [0.25, 0.3) is 10.9 Å². The largest absolute Gasteiger partial charge is 0.481 e. The van der Waals surface area contributed by atoms with Crippen LogP contribution in [0.4, 0.5) is 5.69 Å². The maximum atomic E-state index is 5.18. The highest BCUT2D eigenvalue weighted by molar-refractivity contribution is 5.93. The zero-order valence-corrected chi connectivity index (χ0v) is 9.81. The van der Waals surface area contributed by atoms with Gasteiger partial charge < -0.3 is 14.6 Å². The molecule has 4 nitrogen and oxygen atoms in total. The Labute approximate surface area is 99.9 Å². The molecule has 0 unspecified atom stereocenters. The highest BCUT2D eigenvalue weighted by Crippen LogP contribution is 2.29. The Hall–Kier alpha value is -1.97. The van der Waals surface area contributed by atoms with E-state index in [1.54, 1.807) is 7.11 Å². The molecule has 1 aliphatic heterocycles. The molecule has 1 aliphatic rings. The van der Waals surface area contributed by atoms with Crippen molar-refractivity contribution in [2.24, 2.45) is 0 Å². The Kier molecular flexibility index (Phi) is 2.48. The minimum atomic E-state index is 0.658. The SMILES string of the molecule is COc1cc2c(N3CC=CCC3)c[nH]c2cn1. The number of fused-ring (bicyclic) bond motifs is 1. The molecule has 0 saturated heterocycles. The van der Waals surface area contributed by atoms with E-state index in [1.165, 1.54) is 11.1 Å². The predicted octanol–water partition coefficient (Wildman–Crippen LogP) is 2.34. The van der Waals surface area contributed by atoms with Crippen LogP contribution in [0.5, 0.6) is 5.88 Å². The first-order valence-electron chi connectivity index (χ1n) is 5.79. The molecular formula is C13H15N3O. The molecule has 3 heterocycles. The second-order valence-corrected chi connectivity index (χ2v) is 4.15. The molecule has 0 fully saturated rings. The molecule has 0 bridgehead atoms. The van der Waals surface area contributed by atoms with Gasteiger partial charge in [-0.15, -0.1) is 0 Å². The lowest BCUT2D eigenvalue weighted by Gasteiger charge is -2.24. The van der Waals surface area contributed by atoms with Gasteiger partial charge in [0.15, 0.2) is 0 Å². The van der Waals surface area contributed by atoms with Gasteiger partial charge in [-0.2, -0.15) is 0 Å². The van der Waals surface area contributed by atoms with Crippen LogP contribution in [0.15, 0.2) is 30.6 Å². The summed E-state index contributed by atoms with van der Waals surface area (Å²) >= 11 is 0. The second-order valence-electron chi connectivity index (χ2n) is 4.15. The number of hydrogen-bond donors (Lipinski definition) is 1. The number of aromatic amines is 1. The standard InChI is InChI=1S/C13H15N3O/c1-17-13-7-10-11(8-15-13)14-9-12(10)16-5-3-2-4-6-16/h2-3,7-9,14H,4-6H2,1H3. The monoisotopic (exact) mass is 229 g/mol. The maximum absolute atomic E-state index is 5.18. The number of H-pyrrole nitrogens is 1. The predicted molar refractivity (Wildman–Crippen MR) is 68.6 cm³/mol. The first kappa shape index (κ1) is 10.2. The Balaban J connectivity index is 2.06. The first-order chi connectivity index (χ1) is 8.38. The number of nitrogens with one attached hydrogen (secondary N) is 1. The molecule has 0 aliphatic carbocycles. The number of rotatable bonds is 2. The van der Waals surface area contributed by atoms with Crippen LogP contribution in [0.1, 0.15) is 6.42 Å². The first-order valence-corrected chi connectivity index (χ1v) is 5.79. The van der Waals surface area contributed by atoms with Crippen molar-refractivity contribution in [1.29, 1.82) is 0 Å². The lowest BCUT2D eigenvalue weighted by molar-refractivity contribution is 0.399. The van der Waals surface area contributed by atoms with Crippen LogP contribution >= 0.6 is 0 Å². The van der Waals surface area contributed by atoms with Crippen LogP contribution in [-0.2, 0) is 0 Å². The number of pyridine rings is 1. The fourth-order valence-electron chi connectivity index (χ4n) is 2.22. The summed E-state index contributed by atoms with van der Waals surface area (Å²) in [5.41, 5.74) is 2.28. The van der Waals surface area contributed by atoms with Gasteiger partial charge in [-0.25, -0.2) is 4.98 Å². The third-order valence-corrected chi connectivity index (χ3v) is 3.13. The molecule has 4 heteroatoms. The van der Waals surface area contributed by atoms with E-state index in [-0.39, 0.29) is 0 Å². The van der Waals surface area contributed by atoms with Crippen molar-refractivity contribution < 1.29 is 4.74 Å². The Morgan fingerprint density at radius 1 is 1.41 bits per heavy atom. The van der Waals surface area contributed by atoms with Crippen molar-refractivity contribution in [2.45, 2.75) is 6.42 Å². The van der Waals surface area contributed by atoms with Crippen molar-refractivity contribution in [3.63, 3.8) is 0 Å². The fraction of sp³-hybridized carbons (Fsp3) is 0.308. The van der Waals surface area contributed by atoms with E-state index < -0.39 is 0 Å². The average molecular weight is 229 g/mol. The van der Waals surface area contributed by atoms with E-state index in [2.05, 4.69) is 27.0 Å².